The topological polar surface area (TPSA) is 35.2 Å². The van der Waals surface area contributed by atoms with Crippen molar-refractivity contribution in [2.75, 3.05) is 0 Å². The summed E-state index contributed by atoms with van der Waals surface area (Å²) in [4.78, 5) is 2.49. The highest BCUT2D eigenvalue weighted by molar-refractivity contribution is 7.12. The van der Waals surface area contributed by atoms with Crippen molar-refractivity contribution in [1.29, 1.82) is 0 Å². The van der Waals surface area contributed by atoms with Crippen LogP contribution in [0.1, 0.15) is 35.2 Å². The van der Waals surface area contributed by atoms with E-state index < -0.39 is 0 Å². The Labute approximate surface area is 112 Å². The van der Waals surface area contributed by atoms with Crippen LogP contribution in [0.15, 0.2) is 36.4 Å². The van der Waals surface area contributed by atoms with Gasteiger partial charge < -0.3 is 10.5 Å². The molecule has 0 bridgehead atoms. The summed E-state index contributed by atoms with van der Waals surface area (Å²) in [6.07, 6.45) is 0.199. The number of nitrogens with two attached hydrogens (primary N) is 1. The average molecular weight is 261 g/mol. The van der Waals surface area contributed by atoms with E-state index in [4.69, 9.17) is 10.5 Å². The third kappa shape index (κ3) is 3.12. The van der Waals surface area contributed by atoms with Crippen LogP contribution in [-0.2, 0) is 0 Å². The second kappa shape index (κ2) is 5.55. The number of ether oxygens (including phenoxy) is 1. The predicted molar refractivity (Wildman–Crippen MR) is 77.3 cm³/mol. The van der Waals surface area contributed by atoms with Crippen LogP contribution in [-0.4, -0.2) is 6.10 Å². The van der Waals surface area contributed by atoms with Gasteiger partial charge in [0.2, 0.25) is 0 Å². The number of hydrogen-bond acceptors (Lipinski definition) is 3. The van der Waals surface area contributed by atoms with Gasteiger partial charge in [-0.2, -0.15) is 0 Å². The molecule has 96 valence electrons. The number of hydrogen-bond donors (Lipinski definition) is 1. The maximum Gasteiger partial charge on any atom is 0.119 e. The summed E-state index contributed by atoms with van der Waals surface area (Å²) in [5, 5.41) is 0. The zero-order valence-electron chi connectivity index (χ0n) is 11.0. The minimum absolute atomic E-state index is 0.0446. The van der Waals surface area contributed by atoms with Crippen molar-refractivity contribution in [2.45, 2.75) is 32.9 Å². The largest absolute Gasteiger partial charge is 0.491 e. The molecule has 3 heteroatoms. The third-order valence-corrected chi connectivity index (χ3v) is 3.76. The van der Waals surface area contributed by atoms with E-state index in [9.17, 15) is 0 Å². The lowest BCUT2D eigenvalue weighted by molar-refractivity contribution is 0.242. The number of benzene rings is 1. The molecule has 2 rings (SSSR count). The lowest BCUT2D eigenvalue weighted by atomic mass is 10.1. The monoisotopic (exact) mass is 261 g/mol. The zero-order valence-corrected chi connectivity index (χ0v) is 11.8. The SMILES string of the molecule is Cc1ccc(C(N)c2ccc(OC(C)C)cc2)s1. The van der Waals surface area contributed by atoms with Gasteiger partial charge in [-0.25, -0.2) is 0 Å². The van der Waals surface area contributed by atoms with Crippen LogP contribution < -0.4 is 10.5 Å². The smallest absolute Gasteiger partial charge is 0.119 e. The zero-order chi connectivity index (χ0) is 13.1. The lowest BCUT2D eigenvalue weighted by Gasteiger charge is -2.13. The molecule has 0 fully saturated rings. The fourth-order valence-electron chi connectivity index (χ4n) is 1.81. The minimum Gasteiger partial charge on any atom is -0.491 e. The van der Waals surface area contributed by atoms with Crippen LogP contribution in [0, 0.1) is 6.92 Å². The highest BCUT2D eigenvalue weighted by atomic mass is 32.1. The van der Waals surface area contributed by atoms with Gasteiger partial charge in [0.1, 0.15) is 5.75 Å². The molecule has 1 heterocycles. The number of thiophene rings is 1. The molecule has 0 amide bonds. The van der Waals surface area contributed by atoms with Gasteiger partial charge in [-0.3, -0.25) is 0 Å². The molecule has 0 saturated heterocycles. The van der Waals surface area contributed by atoms with E-state index in [2.05, 4.69) is 19.1 Å². The molecule has 1 aromatic carbocycles. The maximum absolute atomic E-state index is 6.25. The van der Waals surface area contributed by atoms with E-state index in [0.29, 0.717) is 0 Å². The molecule has 0 saturated carbocycles. The molecule has 0 aliphatic heterocycles. The van der Waals surface area contributed by atoms with E-state index in [-0.39, 0.29) is 12.1 Å². The van der Waals surface area contributed by atoms with Crippen LogP contribution in [0.3, 0.4) is 0 Å². The van der Waals surface area contributed by atoms with Gasteiger partial charge in [-0.15, -0.1) is 11.3 Å². The Balaban J connectivity index is 2.14. The van der Waals surface area contributed by atoms with Crippen LogP contribution >= 0.6 is 11.3 Å². The highest BCUT2D eigenvalue weighted by Crippen LogP contribution is 2.27. The molecule has 0 spiro atoms. The summed E-state index contributed by atoms with van der Waals surface area (Å²) in [6.45, 7) is 6.14. The first-order valence-corrected chi connectivity index (χ1v) is 6.96. The Bertz CT molecular complexity index is 501. The van der Waals surface area contributed by atoms with Gasteiger partial charge >= 0.3 is 0 Å². The van der Waals surface area contributed by atoms with E-state index in [0.717, 1.165) is 11.3 Å². The molecule has 2 nitrogen and oxygen atoms in total. The Hall–Kier alpha value is -1.32. The maximum atomic E-state index is 6.25. The molecular weight excluding hydrogens is 242 g/mol. The van der Waals surface area contributed by atoms with Gasteiger partial charge in [-0.05, 0) is 50.6 Å². The van der Waals surface area contributed by atoms with Gasteiger partial charge in [0.05, 0.1) is 12.1 Å². The second-order valence-corrected chi connectivity index (χ2v) is 5.98. The van der Waals surface area contributed by atoms with Crippen molar-refractivity contribution in [3.05, 3.63) is 51.7 Å². The van der Waals surface area contributed by atoms with Gasteiger partial charge in [-0.1, -0.05) is 12.1 Å². The highest BCUT2D eigenvalue weighted by Gasteiger charge is 2.11. The molecule has 0 aliphatic rings. The van der Waals surface area contributed by atoms with Gasteiger partial charge in [0, 0.05) is 9.75 Å². The Kier molecular flexibility index (Phi) is 4.04. The van der Waals surface area contributed by atoms with Crippen LogP contribution in [0.5, 0.6) is 5.75 Å². The van der Waals surface area contributed by atoms with E-state index >= 15 is 0 Å². The molecule has 2 aromatic rings. The first kappa shape index (κ1) is 13.1. The molecule has 1 aromatic heterocycles. The van der Waals surface area contributed by atoms with E-state index in [1.54, 1.807) is 11.3 Å². The Morgan fingerprint density at radius 2 is 1.72 bits per heavy atom. The molecule has 0 radical (unpaired) electrons. The Morgan fingerprint density at radius 3 is 2.22 bits per heavy atom. The number of rotatable bonds is 4. The van der Waals surface area contributed by atoms with Gasteiger partial charge in [0.15, 0.2) is 0 Å². The molecule has 18 heavy (non-hydrogen) atoms. The van der Waals surface area contributed by atoms with Crippen molar-refractivity contribution in [3.63, 3.8) is 0 Å². The molecular formula is C15H19NOS. The summed E-state index contributed by atoms with van der Waals surface area (Å²) in [5.74, 6) is 0.892. The Morgan fingerprint density at radius 1 is 1.06 bits per heavy atom. The number of aryl methyl sites for hydroxylation is 1. The van der Waals surface area contributed by atoms with Crippen molar-refractivity contribution >= 4 is 11.3 Å². The summed E-state index contributed by atoms with van der Waals surface area (Å²) in [5.41, 5.74) is 7.37. The summed E-state index contributed by atoms with van der Waals surface area (Å²) < 4.78 is 5.62. The fourth-order valence-corrected chi connectivity index (χ4v) is 2.72. The summed E-state index contributed by atoms with van der Waals surface area (Å²) in [7, 11) is 0. The molecule has 0 aliphatic carbocycles. The normalized spacial score (nSPS) is 12.7. The second-order valence-electron chi connectivity index (χ2n) is 4.66. The van der Waals surface area contributed by atoms with Crippen LogP contribution in [0.25, 0.3) is 0 Å². The van der Waals surface area contributed by atoms with Crippen molar-refractivity contribution < 1.29 is 4.74 Å². The summed E-state index contributed by atoms with van der Waals surface area (Å²) >= 11 is 1.75. The van der Waals surface area contributed by atoms with E-state index in [1.807, 2.05) is 38.1 Å². The first-order chi connectivity index (χ1) is 8.56. The standard InChI is InChI=1S/C15H19NOS/c1-10(2)17-13-7-5-12(6-8-13)15(16)14-9-4-11(3)18-14/h4-10,15H,16H2,1-3H3. The average Bonchev–Trinajstić information content (AvgIpc) is 2.75. The third-order valence-electron chi connectivity index (χ3n) is 2.68. The molecule has 1 unspecified atom stereocenters. The fraction of sp³-hybridized carbons (Fsp3) is 0.333. The quantitative estimate of drug-likeness (QED) is 0.906. The molecule has 2 N–H and O–H groups in total. The molecule has 1 atom stereocenters. The summed E-state index contributed by atoms with van der Waals surface area (Å²) in [6, 6.07) is 12.2. The van der Waals surface area contributed by atoms with Crippen LogP contribution in [0.2, 0.25) is 0 Å². The van der Waals surface area contributed by atoms with Crippen molar-refractivity contribution in [3.8, 4) is 5.75 Å². The van der Waals surface area contributed by atoms with Gasteiger partial charge in [0.25, 0.3) is 0 Å². The minimum atomic E-state index is -0.0446. The predicted octanol–water partition coefficient (Wildman–Crippen LogP) is 3.89. The lowest BCUT2D eigenvalue weighted by Crippen LogP contribution is -2.10. The van der Waals surface area contributed by atoms with Crippen molar-refractivity contribution in [1.82, 2.24) is 0 Å². The first-order valence-electron chi connectivity index (χ1n) is 6.15. The van der Waals surface area contributed by atoms with Crippen LogP contribution in [0.4, 0.5) is 0 Å². The van der Waals surface area contributed by atoms with Crippen molar-refractivity contribution in [2.24, 2.45) is 5.73 Å². The van der Waals surface area contributed by atoms with E-state index in [1.165, 1.54) is 9.75 Å².